The van der Waals surface area contributed by atoms with Gasteiger partial charge in [-0.1, -0.05) is 42.5 Å². The van der Waals surface area contributed by atoms with Crippen LogP contribution in [0.25, 0.3) is 0 Å². The molecule has 4 rings (SSSR count). The van der Waals surface area contributed by atoms with E-state index in [1.165, 1.54) is 16.9 Å². The maximum Gasteiger partial charge on any atom is 0.265 e. The fourth-order valence-electron chi connectivity index (χ4n) is 3.79. The molecule has 1 aromatic heterocycles. The average Bonchev–Trinajstić information content (AvgIpc) is 3.33. The molecule has 1 atom stereocenters. The van der Waals surface area contributed by atoms with Crippen LogP contribution >= 0.6 is 11.3 Å². The summed E-state index contributed by atoms with van der Waals surface area (Å²) in [7, 11) is 0. The zero-order valence-corrected chi connectivity index (χ0v) is 18.9. The Morgan fingerprint density at radius 1 is 1.06 bits per heavy atom. The molecule has 1 saturated heterocycles. The van der Waals surface area contributed by atoms with E-state index in [9.17, 15) is 9.59 Å². The van der Waals surface area contributed by atoms with Crippen molar-refractivity contribution in [3.63, 3.8) is 0 Å². The third-order valence-corrected chi connectivity index (χ3v) is 6.21. The van der Waals surface area contributed by atoms with Gasteiger partial charge in [0.2, 0.25) is 0 Å². The van der Waals surface area contributed by atoms with E-state index in [1.807, 2.05) is 23.6 Å². The highest BCUT2D eigenvalue weighted by atomic mass is 32.1. The maximum atomic E-state index is 12.9. The van der Waals surface area contributed by atoms with Gasteiger partial charge in [-0.25, -0.2) is 0 Å². The number of amides is 2. The molecule has 0 saturated carbocycles. The third kappa shape index (κ3) is 5.82. The summed E-state index contributed by atoms with van der Waals surface area (Å²) in [6, 6.07) is 18.9. The smallest absolute Gasteiger partial charge is 0.265 e. The van der Waals surface area contributed by atoms with Crippen LogP contribution in [0.15, 0.2) is 66.0 Å². The number of thiophene rings is 1. The average molecular weight is 450 g/mol. The number of rotatable bonds is 7. The molecule has 166 valence electrons. The van der Waals surface area contributed by atoms with Gasteiger partial charge < -0.3 is 15.4 Å². The summed E-state index contributed by atoms with van der Waals surface area (Å²) in [5.74, 6) is -0.440. The Hall–Kier alpha value is -3.00. The molecule has 0 bridgehead atoms. The summed E-state index contributed by atoms with van der Waals surface area (Å²) in [6.45, 7) is 6.00. The highest BCUT2D eigenvalue weighted by Crippen LogP contribution is 2.18. The number of hydrogen-bond acceptors (Lipinski definition) is 5. The predicted octanol–water partition coefficient (Wildman–Crippen LogP) is 4.15. The van der Waals surface area contributed by atoms with Gasteiger partial charge in [0.15, 0.2) is 0 Å². The van der Waals surface area contributed by atoms with Crippen molar-refractivity contribution in [1.82, 2.24) is 10.2 Å². The number of para-hydroxylation sites is 1. The summed E-state index contributed by atoms with van der Waals surface area (Å²) in [6.07, 6.45) is 0.256. The molecule has 1 aliphatic rings. The first kappa shape index (κ1) is 22.2. The Kier molecular flexibility index (Phi) is 7.32. The molecule has 1 fully saturated rings. The normalized spacial score (nSPS) is 16.5. The Morgan fingerprint density at radius 3 is 2.72 bits per heavy atom. The number of hydrogen-bond donors (Lipinski definition) is 2. The van der Waals surface area contributed by atoms with Gasteiger partial charge in [0.25, 0.3) is 11.8 Å². The first-order chi connectivity index (χ1) is 15.6. The molecule has 2 N–H and O–H groups in total. The number of benzene rings is 2. The molecule has 2 amide bonds. The summed E-state index contributed by atoms with van der Waals surface area (Å²) >= 11 is 1.36. The van der Waals surface area contributed by atoms with Crippen molar-refractivity contribution in [2.75, 3.05) is 25.0 Å². The van der Waals surface area contributed by atoms with Gasteiger partial charge in [-0.15, -0.1) is 11.3 Å². The van der Waals surface area contributed by atoms with Gasteiger partial charge in [0.1, 0.15) is 0 Å². The first-order valence-corrected chi connectivity index (χ1v) is 11.6. The summed E-state index contributed by atoms with van der Waals surface area (Å²) < 4.78 is 5.62. The number of carbonyl (C=O) groups is 2. The molecule has 1 aliphatic heterocycles. The second kappa shape index (κ2) is 10.5. The van der Waals surface area contributed by atoms with Crippen molar-refractivity contribution in [1.29, 1.82) is 0 Å². The quantitative estimate of drug-likeness (QED) is 0.569. The minimum absolute atomic E-state index is 0.217. The first-order valence-electron chi connectivity index (χ1n) is 10.7. The molecule has 0 aliphatic carbocycles. The lowest BCUT2D eigenvalue weighted by Gasteiger charge is -2.31. The second-order valence-corrected chi connectivity index (χ2v) is 8.84. The lowest BCUT2D eigenvalue weighted by Crippen LogP contribution is -2.40. The van der Waals surface area contributed by atoms with Gasteiger partial charge in [-0.05, 0) is 41.6 Å². The molecular weight excluding hydrogens is 422 g/mol. The molecule has 2 aromatic carbocycles. The van der Waals surface area contributed by atoms with Crippen LogP contribution in [0.1, 0.15) is 38.1 Å². The summed E-state index contributed by atoms with van der Waals surface area (Å²) in [5, 5.41) is 7.67. The van der Waals surface area contributed by atoms with Gasteiger partial charge in [-0.3, -0.25) is 14.5 Å². The fourth-order valence-corrected chi connectivity index (χ4v) is 4.41. The van der Waals surface area contributed by atoms with E-state index in [-0.39, 0.29) is 17.9 Å². The van der Waals surface area contributed by atoms with Gasteiger partial charge in [0.05, 0.1) is 28.8 Å². The van der Waals surface area contributed by atoms with Crippen molar-refractivity contribution >= 4 is 28.8 Å². The molecule has 1 unspecified atom stereocenters. The molecule has 0 radical (unpaired) electrons. The summed E-state index contributed by atoms with van der Waals surface area (Å²) in [4.78, 5) is 28.3. The zero-order valence-electron chi connectivity index (χ0n) is 18.0. The molecule has 2 heterocycles. The van der Waals surface area contributed by atoms with E-state index >= 15 is 0 Å². The van der Waals surface area contributed by atoms with Gasteiger partial charge in [0, 0.05) is 26.2 Å². The van der Waals surface area contributed by atoms with Crippen molar-refractivity contribution in [3.8, 4) is 0 Å². The predicted molar refractivity (Wildman–Crippen MR) is 127 cm³/mol. The lowest BCUT2D eigenvalue weighted by molar-refractivity contribution is -0.0212. The van der Waals surface area contributed by atoms with E-state index in [0.29, 0.717) is 22.7 Å². The van der Waals surface area contributed by atoms with Crippen molar-refractivity contribution in [2.24, 2.45) is 0 Å². The zero-order chi connectivity index (χ0) is 22.3. The Labute approximate surface area is 192 Å². The maximum absolute atomic E-state index is 12.9. The Morgan fingerprint density at radius 2 is 1.91 bits per heavy atom. The van der Waals surface area contributed by atoms with Gasteiger partial charge >= 0.3 is 0 Å². The van der Waals surface area contributed by atoms with Crippen LogP contribution in [0.4, 0.5) is 5.69 Å². The van der Waals surface area contributed by atoms with Crippen molar-refractivity contribution in [3.05, 3.63) is 87.6 Å². The number of nitrogens with zero attached hydrogens (tertiary/aromatic N) is 1. The number of anilines is 1. The second-order valence-electron chi connectivity index (χ2n) is 7.90. The van der Waals surface area contributed by atoms with Crippen LogP contribution in [-0.2, 0) is 17.8 Å². The van der Waals surface area contributed by atoms with E-state index in [0.717, 1.165) is 31.8 Å². The van der Waals surface area contributed by atoms with E-state index in [1.54, 1.807) is 30.3 Å². The van der Waals surface area contributed by atoms with E-state index < -0.39 is 0 Å². The highest BCUT2D eigenvalue weighted by Gasteiger charge is 2.17. The fraction of sp³-hybridized carbons (Fsp3) is 0.280. The topological polar surface area (TPSA) is 70.7 Å². The highest BCUT2D eigenvalue weighted by molar-refractivity contribution is 7.12. The van der Waals surface area contributed by atoms with Crippen LogP contribution in [0.5, 0.6) is 0 Å². The van der Waals surface area contributed by atoms with Crippen LogP contribution in [0, 0.1) is 0 Å². The number of nitrogens with one attached hydrogen (secondary N) is 2. The summed E-state index contributed by atoms with van der Waals surface area (Å²) in [5.41, 5.74) is 3.20. The minimum atomic E-state index is -0.223. The largest absolute Gasteiger partial charge is 0.376 e. The molecule has 3 aromatic rings. The van der Waals surface area contributed by atoms with E-state index in [4.69, 9.17) is 4.74 Å². The monoisotopic (exact) mass is 449 g/mol. The Bertz CT molecular complexity index is 1070. The standard InChI is InChI=1S/C25H27N3O3S/c1-18-16-28(11-12-31-18)17-20-7-4-6-19(14-20)15-26-24(29)21-8-2-3-9-22(21)27-25(30)23-10-5-13-32-23/h2-10,13-14,18H,11-12,15-17H2,1H3,(H,26,29)(H,27,30). The lowest BCUT2D eigenvalue weighted by atomic mass is 10.1. The molecular formula is C25H27N3O3S. The minimum Gasteiger partial charge on any atom is -0.376 e. The SMILES string of the molecule is CC1CN(Cc2cccc(CNC(=O)c3ccccc3NC(=O)c3cccs3)c2)CCO1. The van der Waals surface area contributed by atoms with Crippen LogP contribution in [-0.4, -0.2) is 42.5 Å². The van der Waals surface area contributed by atoms with Crippen molar-refractivity contribution in [2.45, 2.75) is 26.1 Å². The van der Waals surface area contributed by atoms with Crippen LogP contribution < -0.4 is 10.6 Å². The van der Waals surface area contributed by atoms with E-state index in [2.05, 4.69) is 34.6 Å². The molecule has 7 heteroatoms. The third-order valence-electron chi connectivity index (χ3n) is 5.34. The van der Waals surface area contributed by atoms with Crippen LogP contribution in [0.3, 0.4) is 0 Å². The van der Waals surface area contributed by atoms with Gasteiger partial charge in [-0.2, -0.15) is 0 Å². The molecule has 6 nitrogen and oxygen atoms in total. The molecule has 32 heavy (non-hydrogen) atoms. The Balaban J connectivity index is 1.37. The van der Waals surface area contributed by atoms with Crippen molar-refractivity contribution < 1.29 is 14.3 Å². The number of morpholine rings is 1. The number of carbonyl (C=O) groups excluding carboxylic acids is 2. The number of ether oxygens (including phenoxy) is 1. The molecule has 0 spiro atoms. The van der Waals surface area contributed by atoms with Crippen LogP contribution in [0.2, 0.25) is 0 Å².